The molecule has 5 N–H and O–H groups in total. The first-order valence-electron chi connectivity index (χ1n) is 24.5. The number of nitrogens with zero attached hydrogens (tertiary/aromatic N) is 1. The van der Waals surface area contributed by atoms with Crippen molar-refractivity contribution in [3.05, 3.63) is 71.6 Å². The van der Waals surface area contributed by atoms with Crippen LogP contribution in [0.25, 0.3) is 0 Å². The van der Waals surface area contributed by atoms with Crippen LogP contribution in [0.4, 0.5) is 4.79 Å². The molecule has 0 bridgehead atoms. The first kappa shape index (κ1) is 49.0. The number of esters is 1. The molecule has 3 amide bonds. The Bertz CT molecular complexity index is 1970. The minimum Gasteiger partial charge on any atom is -0.508 e. The second-order valence-electron chi connectivity index (χ2n) is 21.9. The molecular weight excluding hydrogens is 805 g/mol. The van der Waals surface area contributed by atoms with Crippen molar-refractivity contribution in [2.45, 2.75) is 182 Å². The molecule has 4 aliphatic carbocycles. The van der Waals surface area contributed by atoms with Gasteiger partial charge in [-0.2, -0.15) is 0 Å². The average molecular weight is 884 g/mol. The molecule has 1 heterocycles. The number of phenols is 1. The van der Waals surface area contributed by atoms with Crippen LogP contribution in [0.5, 0.6) is 5.75 Å². The van der Waals surface area contributed by atoms with Crippen molar-refractivity contribution in [1.82, 2.24) is 10.6 Å². The number of phenolic OH excluding ortho intramolecular Hbond substituents is 1. The molecule has 3 saturated carbocycles. The molecule has 1 aromatic heterocycles. The third-order valence-corrected chi connectivity index (χ3v) is 15.8. The van der Waals surface area contributed by atoms with Crippen molar-refractivity contribution >= 4 is 23.9 Å². The number of rotatable bonds is 18. The number of hydrogen-bond acceptors (Lipinski definition) is 7. The molecule has 64 heavy (non-hydrogen) atoms. The van der Waals surface area contributed by atoms with Gasteiger partial charge in [-0.1, -0.05) is 77.7 Å². The fraction of sp³-hybridized carbons (Fsp3) is 0.679. The highest BCUT2D eigenvalue weighted by Gasteiger charge is 2.59. The van der Waals surface area contributed by atoms with Crippen molar-refractivity contribution in [2.24, 2.45) is 52.1 Å². The van der Waals surface area contributed by atoms with Gasteiger partial charge in [-0.05, 0) is 149 Å². The van der Waals surface area contributed by atoms with E-state index in [1.165, 1.54) is 62.7 Å². The number of aromatic nitrogens is 1. The molecule has 0 spiro atoms. The second-order valence-corrected chi connectivity index (χ2v) is 21.9. The average Bonchev–Trinajstić information content (AvgIpc) is 3.59. The Labute approximate surface area is 383 Å². The molecule has 6 rings (SSSR count). The summed E-state index contributed by atoms with van der Waals surface area (Å²) in [6.07, 6.45) is 19.6. The number of benzene rings is 1. The number of carbonyl (C=O) groups excluding carboxylic acids is 4. The zero-order chi connectivity index (χ0) is 46.4. The van der Waals surface area contributed by atoms with Crippen molar-refractivity contribution in [3.63, 3.8) is 0 Å². The van der Waals surface area contributed by atoms with Crippen LogP contribution in [0, 0.1) is 46.3 Å². The summed E-state index contributed by atoms with van der Waals surface area (Å²) in [4.78, 5) is 53.3. The number of amides is 3. The number of pyridine rings is 1. The topological polar surface area (TPSA) is 161 Å². The van der Waals surface area contributed by atoms with Crippen LogP contribution >= 0.6 is 0 Å². The smallest absolute Gasteiger partial charge is 0.408 e. The van der Waals surface area contributed by atoms with Gasteiger partial charge in [0.05, 0.1) is 0 Å². The van der Waals surface area contributed by atoms with E-state index in [-0.39, 0.29) is 23.7 Å². The molecule has 10 atom stereocenters. The van der Waals surface area contributed by atoms with E-state index in [4.69, 9.17) is 15.2 Å². The van der Waals surface area contributed by atoms with Gasteiger partial charge in [-0.3, -0.25) is 9.59 Å². The number of hydrogen-bond donors (Lipinski definition) is 4. The summed E-state index contributed by atoms with van der Waals surface area (Å²) >= 11 is 0. The molecular formula is C53H79N4O7+. The van der Waals surface area contributed by atoms with E-state index in [0.717, 1.165) is 42.9 Å². The number of aromatic hydroxyl groups is 1. The number of ether oxygens (including phenoxy) is 2. The first-order chi connectivity index (χ1) is 30.3. The molecule has 352 valence electrons. The minimum atomic E-state index is -1.07. The molecule has 11 heteroatoms. The molecule has 2 aromatic rings. The predicted octanol–water partition coefficient (Wildman–Crippen LogP) is 9.52. The summed E-state index contributed by atoms with van der Waals surface area (Å²) in [6, 6.07) is 7.84. The maximum atomic E-state index is 14.3. The lowest BCUT2D eigenvalue weighted by molar-refractivity contribution is -0.697. The Morgan fingerprint density at radius 1 is 0.891 bits per heavy atom. The van der Waals surface area contributed by atoms with Crippen LogP contribution in [-0.2, 0) is 32.0 Å². The number of carbonyl (C=O) groups is 4. The van der Waals surface area contributed by atoms with Crippen molar-refractivity contribution in [1.29, 1.82) is 0 Å². The fourth-order valence-corrected chi connectivity index (χ4v) is 12.5. The Morgan fingerprint density at radius 2 is 1.64 bits per heavy atom. The van der Waals surface area contributed by atoms with Crippen LogP contribution in [0.2, 0.25) is 0 Å². The number of aryl methyl sites for hydroxylation is 1. The van der Waals surface area contributed by atoms with Gasteiger partial charge in [0.25, 0.3) is 5.91 Å². The molecule has 1 aromatic carbocycles. The van der Waals surface area contributed by atoms with E-state index in [2.05, 4.69) is 51.3 Å². The van der Waals surface area contributed by atoms with Gasteiger partial charge in [-0.25, -0.2) is 14.2 Å². The zero-order valence-electron chi connectivity index (χ0n) is 40.1. The molecule has 0 aliphatic heterocycles. The summed E-state index contributed by atoms with van der Waals surface area (Å²) in [5.41, 5.74) is 7.78. The SMILES string of the molecule is CC(C)CCC[C@@H](C)[C@H]1CC[C@H]2[C@@H]3CC=C4CC(OC(=O)[C@H](CCCC[n+]5cccc(C(N)=O)c5)NC(=O)[C@H](Cc5ccc(O)cc5)NC(=O)OC(C)(C)C)CC[C@]4(C)[C@H]3CC[C@]12C. The van der Waals surface area contributed by atoms with E-state index in [1.807, 2.05) is 10.8 Å². The lowest BCUT2D eigenvalue weighted by atomic mass is 9.47. The van der Waals surface area contributed by atoms with Gasteiger partial charge in [0.2, 0.25) is 5.91 Å². The maximum Gasteiger partial charge on any atom is 0.408 e. The summed E-state index contributed by atoms with van der Waals surface area (Å²) in [5.74, 6) is 3.05. The van der Waals surface area contributed by atoms with Crippen LogP contribution < -0.4 is 20.9 Å². The molecule has 1 unspecified atom stereocenters. The highest BCUT2D eigenvalue weighted by Crippen LogP contribution is 2.67. The third-order valence-electron chi connectivity index (χ3n) is 15.8. The maximum absolute atomic E-state index is 14.3. The number of unbranched alkanes of at least 4 members (excludes halogenated alkanes) is 1. The first-order valence-corrected chi connectivity index (χ1v) is 24.5. The van der Waals surface area contributed by atoms with Gasteiger partial charge < -0.3 is 30.9 Å². The molecule has 3 fully saturated rings. The van der Waals surface area contributed by atoms with Gasteiger partial charge in [0.1, 0.15) is 41.6 Å². The normalized spacial score (nSPS) is 27.8. The zero-order valence-corrected chi connectivity index (χ0v) is 40.1. The Balaban J connectivity index is 1.14. The lowest BCUT2D eigenvalue weighted by Gasteiger charge is -2.58. The van der Waals surface area contributed by atoms with E-state index in [0.29, 0.717) is 60.6 Å². The van der Waals surface area contributed by atoms with Crippen LogP contribution in [-0.4, -0.2) is 52.8 Å². The summed E-state index contributed by atoms with van der Waals surface area (Å²) in [6.45, 7) is 18.2. The fourth-order valence-electron chi connectivity index (χ4n) is 12.5. The number of nitrogens with one attached hydrogen (secondary N) is 2. The summed E-state index contributed by atoms with van der Waals surface area (Å²) in [5, 5.41) is 15.6. The monoisotopic (exact) mass is 884 g/mol. The van der Waals surface area contributed by atoms with E-state index in [1.54, 1.807) is 51.2 Å². The minimum absolute atomic E-state index is 0.0839. The van der Waals surface area contributed by atoms with E-state index in [9.17, 15) is 24.3 Å². The van der Waals surface area contributed by atoms with Crippen LogP contribution in [0.1, 0.15) is 161 Å². The Morgan fingerprint density at radius 3 is 2.34 bits per heavy atom. The third kappa shape index (κ3) is 12.1. The summed E-state index contributed by atoms with van der Waals surface area (Å²) in [7, 11) is 0. The summed E-state index contributed by atoms with van der Waals surface area (Å²) < 4.78 is 13.8. The van der Waals surface area contributed by atoms with Gasteiger partial charge >= 0.3 is 12.1 Å². The van der Waals surface area contributed by atoms with Gasteiger partial charge in [-0.15, -0.1) is 0 Å². The van der Waals surface area contributed by atoms with Crippen molar-refractivity contribution < 1.29 is 38.3 Å². The lowest BCUT2D eigenvalue weighted by Crippen LogP contribution is -2.54. The highest BCUT2D eigenvalue weighted by molar-refractivity contribution is 5.92. The van der Waals surface area contributed by atoms with E-state index >= 15 is 0 Å². The molecule has 4 aliphatic rings. The standard InChI is InChI=1S/C53H78N4O7/c1-34(2)13-11-14-35(3)42-23-24-43-41-22-19-38-32-40(25-27-52(38,7)44(41)26-28-53(42,43)8)63-49(61)45(16-9-10-29-57-30-12-15-37(33-57)47(54)59)55-48(60)46(56-50(62)64-51(4,5)6)31-36-17-20-39(58)21-18-36/h12,15,17-21,30,33-35,40-46H,9-11,13-14,16,22-29,31-32H2,1-8H3,(H4-,54,55,56,58,59,60,62)/p+1/t35-,40?,41+,42-,43+,44+,45+,46+,52+,53-/m1/s1. The molecule has 0 saturated heterocycles. The second kappa shape index (κ2) is 20.8. The molecule has 0 radical (unpaired) electrons. The largest absolute Gasteiger partial charge is 0.508 e. The van der Waals surface area contributed by atoms with Gasteiger partial charge in [0, 0.05) is 25.3 Å². The number of primary amides is 1. The number of alkyl carbamates (subject to hydrolysis) is 1. The number of allylic oxidation sites excluding steroid dienone is 1. The van der Waals surface area contributed by atoms with Gasteiger partial charge in [0.15, 0.2) is 12.4 Å². The van der Waals surface area contributed by atoms with E-state index < -0.39 is 41.6 Å². The quantitative estimate of drug-likeness (QED) is 0.0502. The van der Waals surface area contributed by atoms with Crippen LogP contribution in [0.3, 0.4) is 0 Å². The Hall–Kier alpha value is -4.41. The predicted molar refractivity (Wildman–Crippen MR) is 249 cm³/mol. The van der Waals surface area contributed by atoms with Crippen molar-refractivity contribution in [2.75, 3.05) is 0 Å². The number of fused-ring (bicyclic) bond motifs is 5. The molecule has 11 nitrogen and oxygen atoms in total. The Kier molecular flexibility index (Phi) is 16.0. The van der Waals surface area contributed by atoms with Crippen molar-refractivity contribution in [3.8, 4) is 5.75 Å². The van der Waals surface area contributed by atoms with Crippen LogP contribution in [0.15, 0.2) is 60.4 Å². The highest BCUT2D eigenvalue weighted by atomic mass is 16.6. The number of nitrogens with two attached hydrogens (primary N) is 1.